The van der Waals surface area contributed by atoms with E-state index in [1.165, 1.54) is 116 Å². The molecule has 3 aliphatic heterocycles. The van der Waals surface area contributed by atoms with Crippen LogP contribution in [0.2, 0.25) is 0 Å². The quantitative estimate of drug-likeness (QED) is 0.130. The van der Waals surface area contributed by atoms with Crippen LogP contribution in [0.1, 0.15) is 16.7 Å². The molecule has 314 valence electrons. The third-order valence-corrected chi connectivity index (χ3v) is 14.8. The average Bonchev–Trinajstić information content (AvgIpc) is 3.76. The molecule has 0 bridgehead atoms. The van der Waals surface area contributed by atoms with Gasteiger partial charge in [0.15, 0.2) is 0 Å². The number of rotatable bonds is 3. The molecule has 0 amide bonds. The van der Waals surface area contributed by atoms with Gasteiger partial charge in [0.25, 0.3) is 0 Å². The Morgan fingerprint density at radius 3 is 1.90 bits per heavy atom. The molecular formula is C63H43BN2O. The van der Waals surface area contributed by atoms with Gasteiger partial charge in [-0.2, -0.15) is 0 Å². The van der Waals surface area contributed by atoms with Crippen molar-refractivity contribution in [3.8, 4) is 39.1 Å². The molecular weight excluding hydrogens is 812 g/mol. The minimum absolute atomic E-state index is 0.158. The molecule has 3 aliphatic rings. The molecule has 10 aromatic carbocycles. The van der Waals surface area contributed by atoms with Crippen LogP contribution in [-0.2, 0) is 6.42 Å². The average molecular weight is 855 g/mol. The summed E-state index contributed by atoms with van der Waals surface area (Å²) in [5.41, 5.74) is 19.5. The minimum Gasteiger partial charge on any atom is -0.457 e. The maximum absolute atomic E-state index is 6.88. The Morgan fingerprint density at radius 2 is 1.18 bits per heavy atom. The van der Waals surface area contributed by atoms with Gasteiger partial charge in [-0.1, -0.05) is 158 Å². The summed E-state index contributed by atoms with van der Waals surface area (Å²) >= 11 is 0. The van der Waals surface area contributed by atoms with Crippen LogP contribution < -0.4 is 20.6 Å². The van der Waals surface area contributed by atoms with Gasteiger partial charge in [0.2, 0.25) is 0 Å². The summed E-state index contributed by atoms with van der Waals surface area (Å²) in [6.07, 6.45) is 9.07. The molecule has 14 rings (SSSR count). The third-order valence-electron chi connectivity index (χ3n) is 14.8. The summed E-state index contributed by atoms with van der Waals surface area (Å²) in [7, 11) is 0. The third kappa shape index (κ3) is 5.47. The topological polar surface area (TPSA) is 17.4 Å². The summed E-state index contributed by atoms with van der Waals surface area (Å²) < 4.78 is 9.54. The molecule has 0 saturated heterocycles. The Bertz CT molecular complexity index is 3970. The van der Waals surface area contributed by atoms with Crippen molar-refractivity contribution in [3.05, 3.63) is 229 Å². The zero-order valence-corrected chi connectivity index (χ0v) is 37.3. The number of fused-ring (bicyclic) bond motifs is 13. The lowest BCUT2D eigenvalue weighted by Gasteiger charge is -2.41. The van der Waals surface area contributed by atoms with Crippen LogP contribution in [0.25, 0.3) is 87.5 Å². The number of aryl methyl sites for hydroxylation is 2. The highest BCUT2D eigenvalue weighted by atomic mass is 16.5. The molecule has 0 N–H and O–H groups in total. The van der Waals surface area contributed by atoms with Gasteiger partial charge in [0, 0.05) is 44.4 Å². The predicted octanol–water partition coefficient (Wildman–Crippen LogP) is 15.2. The smallest absolute Gasteiger partial charge is 0.333 e. The summed E-state index contributed by atoms with van der Waals surface area (Å²) in [6, 6.07) is 65.7. The molecule has 0 radical (unpaired) electrons. The molecule has 0 spiro atoms. The Kier molecular flexibility index (Phi) is 8.12. The number of aromatic nitrogens is 1. The fourth-order valence-corrected chi connectivity index (χ4v) is 11.9. The van der Waals surface area contributed by atoms with E-state index in [1.54, 1.807) is 0 Å². The van der Waals surface area contributed by atoms with E-state index in [-0.39, 0.29) is 6.85 Å². The van der Waals surface area contributed by atoms with E-state index in [1.807, 2.05) is 12.2 Å². The first-order valence-corrected chi connectivity index (χ1v) is 23.4. The maximum atomic E-state index is 6.88. The number of hydrogen-bond donors (Lipinski definition) is 0. The number of allylic oxidation sites excluding steroid dienone is 4. The normalized spacial score (nSPS) is 14.7. The summed E-state index contributed by atoms with van der Waals surface area (Å²) in [5, 5.41) is 9.93. The second-order valence-electron chi connectivity index (χ2n) is 18.5. The van der Waals surface area contributed by atoms with Gasteiger partial charge < -0.3 is 14.1 Å². The Morgan fingerprint density at radius 1 is 0.552 bits per heavy atom. The molecule has 11 aromatic rings. The van der Waals surface area contributed by atoms with E-state index < -0.39 is 0 Å². The van der Waals surface area contributed by atoms with E-state index in [2.05, 4.69) is 218 Å². The number of para-hydroxylation sites is 1. The summed E-state index contributed by atoms with van der Waals surface area (Å²) in [5.74, 6) is 1.51. The molecule has 4 heteroatoms. The van der Waals surface area contributed by atoms with Gasteiger partial charge in [0.1, 0.15) is 11.5 Å². The monoisotopic (exact) mass is 854 g/mol. The van der Waals surface area contributed by atoms with Crippen molar-refractivity contribution < 1.29 is 4.74 Å². The van der Waals surface area contributed by atoms with Crippen LogP contribution in [0.15, 0.2) is 213 Å². The standard InChI is InChI=1S/C63H43BN2O/c1-38-19-7-4-12-25-44-34-54-59-50-28-14-13-24-43(50)35-58-61(59)64(66-56-30-18-17-29-51(56)60(62(54)66)63(44)67-38)55-36-52-39(2)48-26-15-16-27-49(48)40(3)53(52)37-57(55)65(58)47-32-45(41-20-8-5-9-21-41)31-46(33-47)42-22-10-6-11-23-42/h4-24,26-37H,1,25H2,2-3H3/b12-4-,19-7-. The first-order valence-electron chi connectivity index (χ1n) is 23.4. The van der Waals surface area contributed by atoms with Crippen LogP contribution in [0.3, 0.4) is 0 Å². The fourth-order valence-electron chi connectivity index (χ4n) is 11.9. The number of anilines is 3. The molecule has 0 fully saturated rings. The molecule has 0 saturated carbocycles. The van der Waals surface area contributed by atoms with Crippen LogP contribution >= 0.6 is 0 Å². The van der Waals surface area contributed by atoms with Crippen molar-refractivity contribution in [2.75, 3.05) is 4.90 Å². The van der Waals surface area contributed by atoms with Crippen LogP contribution in [0, 0.1) is 13.8 Å². The number of hydrogen-bond acceptors (Lipinski definition) is 2. The van der Waals surface area contributed by atoms with Crippen molar-refractivity contribution >= 4 is 89.0 Å². The van der Waals surface area contributed by atoms with Crippen molar-refractivity contribution in [2.45, 2.75) is 20.3 Å². The maximum Gasteiger partial charge on any atom is 0.333 e. The molecule has 1 aromatic heterocycles. The van der Waals surface area contributed by atoms with Crippen molar-refractivity contribution in [3.63, 3.8) is 0 Å². The fraction of sp³-hybridized carbons (Fsp3) is 0.0476. The number of ether oxygens (including phenoxy) is 1. The molecule has 0 aliphatic carbocycles. The van der Waals surface area contributed by atoms with E-state index in [0.717, 1.165) is 28.8 Å². The van der Waals surface area contributed by atoms with Gasteiger partial charge >= 0.3 is 6.85 Å². The highest BCUT2D eigenvalue weighted by Crippen LogP contribution is 2.52. The molecule has 0 atom stereocenters. The largest absolute Gasteiger partial charge is 0.457 e. The van der Waals surface area contributed by atoms with Crippen LogP contribution in [0.5, 0.6) is 5.75 Å². The van der Waals surface area contributed by atoms with E-state index in [9.17, 15) is 0 Å². The zero-order valence-electron chi connectivity index (χ0n) is 37.3. The first kappa shape index (κ1) is 38.0. The van der Waals surface area contributed by atoms with E-state index in [4.69, 9.17) is 4.74 Å². The SMILES string of the molecule is C=C1/C=C\C=C/Cc2cc3c4c(c2O1)c1ccccc1n4B1c2cc4c(C)c5ccccc5c(C)c4cc2N(c2cc(-c4ccccc4)cc(-c4ccccc4)c2)c2cc4ccccc4c-3c21. The summed E-state index contributed by atoms with van der Waals surface area (Å²) in [4.78, 5) is 2.60. The minimum atomic E-state index is -0.158. The molecule has 67 heavy (non-hydrogen) atoms. The van der Waals surface area contributed by atoms with Gasteiger partial charge in [-0.25, -0.2) is 0 Å². The van der Waals surface area contributed by atoms with Crippen molar-refractivity contribution in [1.82, 2.24) is 4.48 Å². The van der Waals surface area contributed by atoms with E-state index in [0.29, 0.717) is 5.76 Å². The van der Waals surface area contributed by atoms with Crippen LogP contribution in [-0.4, -0.2) is 11.3 Å². The Labute approximate surface area is 389 Å². The van der Waals surface area contributed by atoms with Crippen LogP contribution in [0.4, 0.5) is 17.1 Å². The first-order chi connectivity index (χ1) is 33.0. The van der Waals surface area contributed by atoms with Gasteiger partial charge in [-0.15, -0.1) is 0 Å². The number of benzene rings is 10. The summed E-state index contributed by atoms with van der Waals surface area (Å²) in [6.45, 7) is 8.82. The van der Waals surface area contributed by atoms with Gasteiger partial charge in [-0.3, -0.25) is 0 Å². The highest BCUT2D eigenvalue weighted by molar-refractivity contribution is 6.90. The molecule has 4 heterocycles. The van der Waals surface area contributed by atoms with Gasteiger partial charge in [0.05, 0.1) is 0 Å². The second kappa shape index (κ2) is 14.3. The Hall–Kier alpha value is -8.34. The lowest BCUT2D eigenvalue weighted by atomic mass is 9.44. The van der Waals surface area contributed by atoms with Crippen molar-refractivity contribution in [2.24, 2.45) is 0 Å². The number of nitrogens with zero attached hydrogens (tertiary/aromatic N) is 2. The second-order valence-corrected chi connectivity index (χ2v) is 18.5. The lowest BCUT2D eigenvalue weighted by Crippen LogP contribution is -2.56. The molecule has 0 unspecified atom stereocenters. The van der Waals surface area contributed by atoms with Gasteiger partial charge in [-0.05, 0) is 157 Å². The zero-order chi connectivity index (χ0) is 44.5. The van der Waals surface area contributed by atoms with E-state index >= 15 is 0 Å². The Balaban J connectivity index is 1.18. The molecule has 3 nitrogen and oxygen atoms in total. The predicted molar refractivity (Wildman–Crippen MR) is 285 cm³/mol. The lowest BCUT2D eigenvalue weighted by molar-refractivity contribution is 0.448. The highest BCUT2D eigenvalue weighted by Gasteiger charge is 2.45. The van der Waals surface area contributed by atoms with Crippen molar-refractivity contribution in [1.29, 1.82) is 0 Å².